The average Bonchev–Trinajstić information content (AvgIpc) is 1.94. The number of carbonyl (C=O) groups is 1. The van der Waals surface area contributed by atoms with Gasteiger partial charge >= 0.3 is 5.97 Å². The fourth-order valence-electron chi connectivity index (χ4n) is 0.742. The van der Waals surface area contributed by atoms with Gasteiger partial charge in [-0.15, -0.1) is 12.6 Å². The van der Waals surface area contributed by atoms with Crippen LogP contribution in [0.1, 0.15) is 15.9 Å². The molecule has 0 aliphatic rings. The molecule has 0 saturated heterocycles. The van der Waals surface area contributed by atoms with Gasteiger partial charge in [-0.25, -0.2) is 4.79 Å². The number of hydrogen-bond acceptors (Lipinski definition) is 2. The highest BCUT2D eigenvalue weighted by atomic mass is 32.1. The molecule has 0 saturated carbocycles. The van der Waals surface area contributed by atoms with E-state index in [0.717, 1.165) is 5.56 Å². The van der Waals surface area contributed by atoms with Gasteiger partial charge in [-0.05, 0) is 24.6 Å². The summed E-state index contributed by atoms with van der Waals surface area (Å²) in [6.45, 7) is 1.88. The second-order valence-electron chi connectivity index (χ2n) is 2.31. The molecule has 2 nitrogen and oxygen atoms in total. The molecule has 58 valence electrons. The van der Waals surface area contributed by atoms with E-state index >= 15 is 0 Å². The zero-order valence-corrected chi connectivity index (χ0v) is 6.93. The lowest BCUT2D eigenvalue weighted by Crippen LogP contribution is -1.95. The lowest BCUT2D eigenvalue weighted by atomic mass is 10.1. The van der Waals surface area contributed by atoms with Gasteiger partial charge in [0.05, 0.1) is 5.56 Å². The number of hydrogen-bond donors (Lipinski definition) is 2. The second kappa shape index (κ2) is 2.96. The van der Waals surface area contributed by atoms with Crippen molar-refractivity contribution in [1.82, 2.24) is 0 Å². The summed E-state index contributed by atoms with van der Waals surface area (Å²) < 4.78 is 0. The van der Waals surface area contributed by atoms with Crippen molar-refractivity contribution in [2.24, 2.45) is 0 Å². The molecule has 0 atom stereocenters. The molecule has 0 aliphatic heterocycles. The first-order valence-corrected chi connectivity index (χ1v) is 3.59. The van der Waals surface area contributed by atoms with Crippen LogP contribution in [0.5, 0.6) is 0 Å². The Morgan fingerprint density at radius 2 is 2.18 bits per heavy atom. The summed E-state index contributed by atoms with van der Waals surface area (Å²) in [5, 5.41) is 8.57. The summed E-state index contributed by atoms with van der Waals surface area (Å²) in [4.78, 5) is 11.1. The van der Waals surface area contributed by atoms with E-state index in [9.17, 15) is 4.79 Å². The fraction of sp³-hybridized carbons (Fsp3) is 0.125. The highest BCUT2D eigenvalue weighted by Crippen LogP contribution is 2.14. The Kier molecular flexibility index (Phi) is 2.19. The molecule has 0 radical (unpaired) electrons. The van der Waals surface area contributed by atoms with Crippen LogP contribution in [-0.2, 0) is 0 Å². The monoisotopic (exact) mass is 168 g/mol. The number of benzene rings is 1. The molecule has 0 amide bonds. The summed E-state index contributed by atoms with van der Waals surface area (Å²) >= 11 is 4.10. The van der Waals surface area contributed by atoms with Crippen molar-refractivity contribution in [3.63, 3.8) is 0 Å². The van der Waals surface area contributed by atoms with Crippen molar-refractivity contribution in [3.8, 4) is 0 Å². The van der Waals surface area contributed by atoms with Gasteiger partial charge in [0.15, 0.2) is 0 Å². The van der Waals surface area contributed by atoms with Crippen molar-refractivity contribution in [3.05, 3.63) is 29.3 Å². The van der Waals surface area contributed by atoms with E-state index in [1.54, 1.807) is 18.2 Å². The lowest BCUT2D eigenvalue weighted by Gasteiger charge is -1.98. The van der Waals surface area contributed by atoms with E-state index in [1.165, 1.54) is 0 Å². The predicted molar refractivity (Wildman–Crippen MR) is 45.4 cm³/mol. The number of aryl methyl sites for hydroxylation is 1. The first kappa shape index (κ1) is 8.14. The van der Waals surface area contributed by atoms with E-state index in [-0.39, 0.29) is 5.56 Å². The van der Waals surface area contributed by atoms with Gasteiger partial charge in [-0.1, -0.05) is 6.07 Å². The molecule has 0 aliphatic carbocycles. The van der Waals surface area contributed by atoms with E-state index in [1.807, 2.05) is 6.92 Å². The minimum absolute atomic E-state index is 0.278. The van der Waals surface area contributed by atoms with Crippen molar-refractivity contribution >= 4 is 18.6 Å². The summed E-state index contributed by atoms with van der Waals surface area (Å²) in [6, 6.07) is 4.85. The van der Waals surface area contributed by atoms with Crippen molar-refractivity contribution in [2.75, 3.05) is 0 Å². The van der Waals surface area contributed by atoms with Gasteiger partial charge < -0.3 is 5.11 Å². The van der Waals surface area contributed by atoms with Gasteiger partial charge in [-0.2, -0.15) is 0 Å². The van der Waals surface area contributed by atoms with Crippen LogP contribution in [0.25, 0.3) is 0 Å². The van der Waals surface area contributed by atoms with E-state index in [4.69, 9.17) is 5.11 Å². The minimum Gasteiger partial charge on any atom is -0.478 e. The smallest absolute Gasteiger partial charge is 0.335 e. The van der Waals surface area contributed by atoms with Crippen LogP contribution in [0, 0.1) is 6.92 Å². The molecule has 1 aromatic carbocycles. The Balaban J connectivity index is 3.15. The molecule has 0 aromatic heterocycles. The molecular weight excluding hydrogens is 160 g/mol. The Morgan fingerprint density at radius 1 is 1.55 bits per heavy atom. The summed E-state index contributed by atoms with van der Waals surface area (Å²) in [5.74, 6) is -0.916. The van der Waals surface area contributed by atoms with Crippen molar-refractivity contribution in [2.45, 2.75) is 11.8 Å². The molecule has 1 rings (SSSR count). The number of aromatic carboxylic acids is 1. The van der Waals surface area contributed by atoms with E-state index in [2.05, 4.69) is 12.6 Å². The molecule has 1 aromatic rings. The van der Waals surface area contributed by atoms with E-state index < -0.39 is 5.97 Å². The summed E-state index contributed by atoms with van der Waals surface area (Å²) in [7, 11) is 0. The zero-order valence-electron chi connectivity index (χ0n) is 6.03. The fourth-order valence-corrected chi connectivity index (χ4v) is 0.956. The Labute approximate surface area is 70.3 Å². The molecule has 0 unspecified atom stereocenters. The zero-order chi connectivity index (χ0) is 8.43. The minimum atomic E-state index is -0.916. The number of carboxylic acids is 1. The van der Waals surface area contributed by atoms with Gasteiger partial charge in [0.1, 0.15) is 0 Å². The van der Waals surface area contributed by atoms with Crippen LogP contribution in [0.15, 0.2) is 23.1 Å². The van der Waals surface area contributed by atoms with Crippen LogP contribution in [0.3, 0.4) is 0 Å². The maximum absolute atomic E-state index is 10.4. The van der Waals surface area contributed by atoms with Gasteiger partial charge in [0, 0.05) is 4.90 Å². The first-order valence-electron chi connectivity index (χ1n) is 3.14. The van der Waals surface area contributed by atoms with Crippen molar-refractivity contribution in [1.29, 1.82) is 0 Å². The summed E-state index contributed by atoms with van der Waals surface area (Å²) in [6.07, 6.45) is 0. The third-order valence-corrected chi connectivity index (χ3v) is 1.94. The predicted octanol–water partition coefficient (Wildman–Crippen LogP) is 1.98. The standard InChI is InChI=1S/C8H8O2S/c1-5-2-3-6(8(9)10)4-7(5)11/h2-4,11H,1H3,(H,9,10). The third-order valence-electron chi connectivity index (χ3n) is 1.46. The molecule has 1 N–H and O–H groups in total. The molecule has 0 bridgehead atoms. The maximum atomic E-state index is 10.4. The highest BCUT2D eigenvalue weighted by molar-refractivity contribution is 7.80. The second-order valence-corrected chi connectivity index (χ2v) is 2.79. The molecule has 3 heteroatoms. The third kappa shape index (κ3) is 1.74. The largest absolute Gasteiger partial charge is 0.478 e. The Morgan fingerprint density at radius 3 is 2.64 bits per heavy atom. The molecule has 0 heterocycles. The Bertz CT molecular complexity index is 294. The first-order chi connectivity index (χ1) is 5.11. The van der Waals surface area contributed by atoms with Crippen LogP contribution in [0.2, 0.25) is 0 Å². The van der Waals surface area contributed by atoms with Crippen LogP contribution >= 0.6 is 12.6 Å². The van der Waals surface area contributed by atoms with Gasteiger partial charge in [0.2, 0.25) is 0 Å². The topological polar surface area (TPSA) is 37.3 Å². The molecule has 0 spiro atoms. The van der Waals surface area contributed by atoms with Gasteiger partial charge in [0.25, 0.3) is 0 Å². The Hall–Kier alpha value is -0.960. The molecular formula is C8H8O2S. The lowest BCUT2D eigenvalue weighted by molar-refractivity contribution is 0.0696. The average molecular weight is 168 g/mol. The quantitative estimate of drug-likeness (QED) is 0.629. The van der Waals surface area contributed by atoms with Crippen LogP contribution in [0.4, 0.5) is 0 Å². The van der Waals surface area contributed by atoms with Gasteiger partial charge in [-0.3, -0.25) is 0 Å². The van der Waals surface area contributed by atoms with Crippen molar-refractivity contribution < 1.29 is 9.90 Å². The van der Waals surface area contributed by atoms with Crippen LogP contribution < -0.4 is 0 Å². The maximum Gasteiger partial charge on any atom is 0.335 e. The highest BCUT2D eigenvalue weighted by Gasteiger charge is 2.02. The number of thiol groups is 1. The number of rotatable bonds is 1. The van der Waals surface area contributed by atoms with E-state index in [0.29, 0.717) is 4.90 Å². The molecule has 11 heavy (non-hydrogen) atoms. The number of carboxylic acid groups (broad SMARTS) is 1. The van der Waals surface area contributed by atoms with Crippen LogP contribution in [-0.4, -0.2) is 11.1 Å². The molecule has 0 fully saturated rings. The normalized spacial score (nSPS) is 9.64. The SMILES string of the molecule is Cc1ccc(C(=O)O)cc1S. The summed E-state index contributed by atoms with van der Waals surface area (Å²) in [5.41, 5.74) is 1.26.